The Bertz CT molecular complexity index is 469. The largest absolute Gasteiger partial charge is 0.340 e. The minimum atomic E-state index is 0.257. The number of amides is 1. The molecule has 2 N–H and O–H groups in total. The van der Waals surface area contributed by atoms with Crippen LogP contribution in [0.2, 0.25) is 0 Å². The molecule has 0 radical (unpaired) electrons. The highest BCUT2D eigenvalue weighted by Crippen LogP contribution is 2.28. The van der Waals surface area contributed by atoms with Crippen molar-refractivity contribution in [1.29, 1.82) is 0 Å². The fourth-order valence-corrected chi connectivity index (χ4v) is 4.12. The molecule has 1 amide bonds. The third-order valence-electron chi connectivity index (χ3n) is 3.73. The molecule has 0 saturated carbocycles. The van der Waals surface area contributed by atoms with Gasteiger partial charge in [0.25, 0.3) is 0 Å². The van der Waals surface area contributed by atoms with E-state index in [1.807, 2.05) is 23.1 Å². The maximum atomic E-state index is 12.3. The summed E-state index contributed by atoms with van der Waals surface area (Å²) in [5.74, 6) is 1.55. The van der Waals surface area contributed by atoms with E-state index in [1.165, 1.54) is 4.90 Å². The van der Waals surface area contributed by atoms with Gasteiger partial charge in [0, 0.05) is 34.1 Å². The standard InChI is InChI=1S/C15H21BrN2OS/c1-11-8-12(9-17)10-18(11)15(19)6-7-20-14-5-3-2-4-13(14)16/h2-5,11-12H,6-10,17H2,1H3. The van der Waals surface area contributed by atoms with Gasteiger partial charge in [0.2, 0.25) is 5.91 Å². The van der Waals surface area contributed by atoms with Gasteiger partial charge in [-0.15, -0.1) is 11.8 Å². The van der Waals surface area contributed by atoms with Crippen molar-refractivity contribution in [2.24, 2.45) is 11.7 Å². The van der Waals surface area contributed by atoms with Crippen LogP contribution < -0.4 is 5.73 Å². The van der Waals surface area contributed by atoms with Crippen molar-refractivity contribution in [2.75, 3.05) is 18.8 Å². The first-order valence-electron chi connectivity index (χ1n) is 6.98. The van der Waals surface area contributed by atoms with Crippen molar-refractivity contribution < 1.29 is 4.79 Å². The van der Waals surface area contributed by atoms with E-state index < -0.39 is 0 Å². The Morgan fingerprint density at radius 2 is 2.25 bits per heavy atom. The van der Waals surface area contributed by atoms with Crippen LogP contribution in [0.25, 0.3) is 0 Å². The predicted octanol–water partition coefficient (Wildman–Crippen LogP) is 3.13. The van der Waals surface area contributed by atoms with Gasteiger partial charge < -0.3 is 10.6 Å². The second-order valence-corrected chi connectivity index (χ2v) is 7.25. The van der Waals surface area contributed by atoms with Crippen molar-refractivity contribution in [3.63, 3.8) is 0 Å². The first-order chi connectivity index (χ1) is 9.61. The second-order valence-electron chi connectivity index (χ2n) is 5.26. The third-order valence-corrected chi connectivity index (χ3v) is 5.75. The van der Waals surface area contributed by atoms with E-state index in [0.29, 0.717) is 24.9 Å². The summed E-state index contributed by atoms with van der Waals surface area (Å²) >= 11 is 5.25. The molecule has 0 bridgehead atoms. The molecule has 1 saturated heterocycles. The molecule has 110 valence electrons. The van der Waals surface area contributed by atoms with Gasteiger partial charge in [-0.25, -0.2) is 0 Å². The molecule has 0 aliphatic carbocycles. The number of thioether (sulfide) groups is 1. The maximum Gasteiger partial charge on any atom is 0.223 e. The number of nitrogens with zero attached hydrogens (tertiary/aromatic N) is 1. The Morgan fingerprint density at radius 3 is 2.90 bits per heavy atom. The lowest BCUT2D eigenvalue weighted by Gasteiger charge is -2.21. The van der Waals surface area contributed by atoms with Gasteiger partial charge in [-0.05, 0) is 53.9 Å². The summed E-state index contributed by atoms with van der Waals surface area (Å²) in [6, 6.07) is 8.45. The fraction of sp³-hybridized carbons (Fsp3) is 0.533. The molecule has 3 nitrogen and oxygen atoms in total. The first-order valence-corrected chi connectivity index (χ1v) is 8.76. The smallest absolute Gasteiger partial charge is 0.223 e. The molecule has 2 atom stereocenters. The normalized spacial score (nSPS) is 22.2. The number of carbonyl (C=O) groups is 1. The molecule has 1 aliphatic rings. The molecule has 0 spiro atoms. The molecular weight excluding hydrogens is 336 g/mol. The van der Waals surface area contributed by atoms with Crippen LogP contribution in [0.1, 0.15) is 19.8 Å². The van der Waals surface area contributed by atoms with Crippen molar-refractivity contribution in [2.45, 2.75) is 30.7 Å². The SMILES string of the molecule is CC1CC(CN)CN1C(=O)CCSc1ccccc1Br. The highest BCUT2D eigenvalue weighted by Gasteiger charge is 2.30. The van der Waals surface area contributed by atoms with Crippen molar-refractivity contribution in [1.82, 2.24) is 4.90 Å². The molecule has 5 heteroatoms. The highest BCUT2D eigenvalue weighted by atomic mass is 79.9. The topological polar surface area (TPSA) is 46.3 Å². The molecule has 2 unspecified atom stereocenters. The van der Waals surface area contributed by atoms with Crippen molar-refractivity contribution >= 4 is 33.6 Å². The summed E-state index contributed by atoms with van der Waals surface area (Å²) in [5, 5.41) is 0. The summed E-state index contributed by atoms with van der Waals surface area (Å²) in [6.45, 7) is 3.63. The monoisotopic (exact) mass is 356 g/mol. The Balaban J connectivity index is 1.80. The van der Waals surface area contributed by atoms with Gasteiger partial charge in [0.1, 0.15) is 0 Å². The molecule has 1 heterocycles. The van der Waals surface area contributed by atoms with E-state index in [-0.39, 0.29) is 5.91 Å². The summed E-state index contributed by atoms with van der Waals surface area (Å²) < 4.78 is 1.09. The summed E-state index contributed by atoms with van der Waals surface area (Å²) in [5.41, 5.74) is 5.70. The number of hydrogen-bond acceptors (Lipinski definition) is 3. The molecule has 2 rings (SSSR count). The zero-order chi connectivity index (χ0) is 14.5. The van der Waals surface area contributed by atoms with E-state index >= 15 is 0 Å². The second kappa shape index (κ2) is 7.48. The van der Waals surface area contributed by atoms with Gasteiger partial charge in [-0.2, -0.15) is 0 Å². The van der Waals surface area contributed by atoms with Crippen LogP contribution in [0.15, 0.2) is 33.6 Å². The number of benzene rings is 1. The molecule has 1 fully saturated rings. The quantitative estimate of drug-likeness (QED) is 0.824. The highest BCUT2D eigenvalue weighted by molar-refractivity contribution is 9.10. The number of halogens is 1. The van der Waals surface area contributed by atoms with Crippen LogP contribution in [-0.4, -0.2) is 35.7 Å². The molecular formula is C15H21BrN2OS. The van der Waals surface area contributed by atoms with Gasteiger partial charge in [-0.3, -0.25) is 4.79 Å². The molecule has 1 aromatic carbocycles. The third kappa shape index (κ3) is 3.99. The number of nitrogens with two attached hydrogens (primary N) is 1. The average Bonchev–Trinajstić information content (AvgIpc) is 2.82. The Kier molecular flexibility index (Phi) is 5.93. The molecule has 1 aromatic rings. The van der Waals surface area contributed by atoms with Crippen LogP contribution in [0, 0.1) is 5.92 Å². The summed E-state index contributed by atoms with van der Waals surface area (Å²) in [4.78, 5) is 15.4. The molecule has 0 aromatic heterocycles. The number of likely N-dealkylation sites (tertiary alicyclic amines) is 1. The van der Waals surface area contributed by atoms with Crippen LogP contribution in [0.3, 0.4) is 0 Å². The van der Waals surface area contributed by atoms with Crippen molar-refractivity contribution in [3.8, 4) is 0 Å². The van der Waals surface area contributed by atoms with Crippen LogP contribution in [0.5, 0.6) is 0 Å². The van der Waals surface area contributed by atoms with Crippen molar-refractivity contribution in [3.05, 3.63) is 28.7 Å². The Hall–Kier alpha value is -0.520. The van der Waals surface area contributed by atoms with Crippen LogP contribution >= 0.6 is 27.7 Å². The van der Waals surface area contributed by atoms with E-state index in [1.54, 1.807) is 11.8 Å². The van der Waals surface area contributed by atoms with E-state index in [9.17, 15) is 4.79 Å². The van der Waals surface area contributed by atoms with Crippen LogP contribution in [-0.2, 0) is 4.79 Å². The van der Waals surface area contributed by atoms with Gasteiger partial charge in [-0.1, -0.05) is 12.1 Å². The number of carbonyl (C=O) groups excluding carboxylic acids is 1. The predicted molar refractivity (Wildman–Crippen MR) is 87.8 cm³/mol. The minimum Gasteiger partial charge on any atom is -0.340 e. The molecule has 1 aliphatic heterocycles. The minimum absolute atomic E-state index is 0.257. The van der Waals surface area contributed by atoms with Gasteiger partial charge >= 0.3 is 0 Å². The lowest BCUT2D eigenvalue weighted by atomic mass is 10.1. The summed E-state index contributed by atoms with van der Waals surface area (Å²) in [6.07, 6.45) is 1.63. The first kappa shape index (κ1) is 15.9. The zero-order valence-corrected chi connectivity index (χ0v) is 14.1. The Morgan fingerprint density at radius 1 is 1.50 bits per heavy atom. The van der Waals surface area contributed by atoms with Gasteiger partial charge in [0.15, 0.2) is 0 Å². The Labute approximate surface area is 133 Å². The van der Waals surface area contributed by atoms with Gasteiger partial charge in [0.05, 0.1) is 0 Å². The van der Waals surface area contributed by atoms with E-state index in [0.717, 1.165) is 23.2 Å². The lowest BCUT2D eigenvalue weighted by molar-refractivity contribution is -0.131. The zero-order valence-electron chi connectivity index (χ0n) is 11.7. The van der Waals surface area contributed by atoms with E-state index in [4.69, 9.17) is 5.73 Å². The average molecular weight is 357 g/mol. The lowest BCUT2D eigenvalue weighted by Crippen LogP contribution is -2.34. The van der Waals surface area contributed by atoms with Crippen LogP contribution in [0.4, 0.5) is 0 Å². The molecule has 20 heavy (non-hydrogen) atoms. The fourth-order valence-electron chi connectivity index (χ4n) is 2.61. The number of rotatable bonds is 5. The van der Waals surface area contributed by atoms with E-state index in [2.05, 4.69) is 28.9 Å². The maximum absolute atomic E-state index is 12.3. The number of hydrogen-bond donors (Lipinski definition) is 1. The summed E-state index contributed by atoms with van der Waals surface area (Å²) in [7, 11) is 0.